The molecule has 0 fully saturated rings. The first-order valence-electron chi connectivity index (χ1n) is 9.22. The molecule has 1 unspecified atom stereocenters. The summed E-state index contributed by atoms with van der Waals surface area (Å²) >= 11 is 0. The summed E-state index contributed by atoms with van der Waals surface area (Å²) in [4.78, 5) is 0. The lowest BCUT2D eigenvalue weighted by molar-refractivity contribution is 0.117. The largest absolute Gasteiger partial charge is 0.507 e. The normalized spacial score (nSPS) is 17.2. The van der Waals surface area contributed by atoms with Gasteiger partial charge in [0.15, 0.2) is 0 Å². The first kappa shape index (κ1) is 18.2. The number of allylic oxidation sites excluding steroid dienone is 1. The van der Waals surface area contributed by atoms with Crippen molar-refractivity contribution in [3.05, 3.63) is 89.5 Å². The Bertz CT molecular complexity index is 815. The topological polar surface area (TPSA) is 29.5 Å². The molecule has 26 heavy (non-hydrogen) atoms. The van der Waals surface area contributed by atoms with Gasteiger partial charge in [0, 0.05) is 5.56 Å². The fourth-order valence-corrected chi connectivity index (χ4v) is 3.33. The van der Waals surface area contributed by atoms with Crippen molar-refractivity contribution in [1.29, 1.82) is 0 Å². The zero-order chi connectivity index (χ0) is 18.4. The molecular weight excluding hydrogens is 320 g/mol. The monoisotopic (exact) mass is 346 g/mol. The maximum absolute atomic E-state index is 10.1. The van der Waals surface area contributed by atoms with Crippen LogP contribution in [0, 0.1) is 0 Å². The van der Waals surface area contributed by atoms with Crippen LogP contribution in [-0.2, 0) is 4.74 Å². The van der Waals surface area contributed by atoms with Gasteiger partial charge in [-0.2, -0.15) is 0 Å². The van der Waals surface area contributed by atoms with Crippen LogP contribution in [0.1, 0.15) is 37.3 Å². The molecule has 1 atom stereocenters. The number of benzene rings is 2. The summed E-state index contributed by atoms with van der Waals surface area (Å²) < 4.78 is 5.92. The van der Waals surface area contributed by atoms with E-state index in [1.54, 1.807) is 6.07 Å². The summed E-state index contributed by atoms with van der Waals surface area (Å²) in [5.74, 6) is 0.304. The molecule has 134 valence electrons. The minimum atomic E-state index is 0.110. The Morgan fingerprint density at radius 2 is 1.88 bits per heavy atom. The number of hydrogen-bond donors (Lipinski definition) is 1. The van der Waals surface area contributed by atoms with Crippen molar-refractivity contribution in [3.63, 3.8) is 0 Å². The van der Waals surface area contributed by atoms with Crippen molar-refractivity contribution in [3.8, 4) is 5.75 Å². The molecule has 1 aliphatic heterocycles. The van der Waals surface area contributed by atoms with Gasteiger partial charge >= 0.3 is 0 Å². The standard InChI is InChI=1S/C24H26O2/c1-3-18(2)22-15-16-26-24(22)14-13-20(19-9-5-4-6-10-19)17-21-11-7-8-12-23(21)25/h4-12,15,17,24-25H,2-3,13-14,16H2,1H3/b20-17-. The van der Waals surface area contributed by atoms with Gasteiger partial charge in [0.25, 0.3) is 0 Å². The third-order valence-corrected chi connectivity index (χ3v) is 4.87. The average molecular weight is 346 g/mol. The highest BCUT2D eigenvalue weighted by atomic mass is 16.5. The van der Waals surface area contributed by atoms with Crippen LogP contribution in [0.2, 0.25) is 0 Å². The molecule has 2 aromatic rings. The van der Waals surface area contributed by atoms with E-state index < -0.39 is 0 Å². The van der Waals surface area contributed by atoms with Gasteiger partial charge in [0.1, 0.15) is 5.75 Å². The van der Waals surface area contributed by atoms with Crippen LogP contribution in [0.4, 0.5) is 0 Å². The van der Waals surface area contributed by atoms with Crippen molar-refractivity contribution in [2.45, 2.75) is 32.3 Å². The Hall–Kier alpha value is -2.58. The molecule has 0 bridgehead atoms. The maximum atomic E-state index is 10.1. The van der Waals surface area contributed by atoms with E-state index >= 15 is 0 Å². The average Bonchev–Trinajstić information content (AvgIpc) is 3.15. The van der Waals surface area contributed by atoms with Gasteiger partial charge in [-0.15, -0.1) is 0 Å². The van der Waals surface area contributed by atoms with E-state index in [-0.39, 0.29) is 6.10 Å². The Morgan fingerprint density at radius 1 is 1.15 bits per heavy atom. The van der Waals surface area contributed by atoms with Crippen molar-refractivity contribution >= 4 is 11.6 Å². The van der Waals surface area contributed by atoms with Crippen LogP contribution < -0.4 is 0 Å². The molecule has 2 aromatic carbocycles. The van der Waals surface area contributed by atoms with Crippen LogP contribution in [-0.4, -0.2) is 17.8 Å². The van der Waals surface area contributed by atoms with Gasteiger partial charge in [-0.25, -0.2) is 0 Å². The van der Waals surface area contributed by atoms with E-state index in [2.05, 4.69) is 37.8 Å². The SMILES string of the molecule is C=C(CC)C1=CCOC1CC/C(=C/c1ccccc1O)c1ccccc1. The number of phenols is 1. The molecule has 0 aromatic heterocycles. The van der Waals surface area contributed by atoms with Gasteiger partial charge < -0.3 is 9.84 Å². The molecule has 1 N–H and O–H groups in total. The van der Waals surface area contributed by atoms with Gasteiger partial charge in [-0.05, 0) is 53.7 Å². The number of ether oxygens (including phenoxy) is 1. The molecule has 2 nitrogen and oxygen atoms in total. The fourth-order valence-electron chi connectivity index (χ4n) is 3.33. The molecule has 3 rings (SSSR count). The van der Waals surface area contributed by atoms with Crippen molar-refractivity contribution in [1.82, 2.24) is 0 Å². The van der Waals surface area contributed by atoms with Crippen molar-refractivity contribution in [2.24, 2.45) is 0 Å². The number of aromatic hydroxyl groups is 1. The second-order valence-corrected chi connectivity index (χ2v) is 6.57. The van der Waals surface area contributed by atoms with Gasteiger partial charge in [-0.3, -0.25) is 0 Å². The van der Waals surface area contributed by atoms with Crippen LogP contribution in [0.25, 0.3) is 11.6 Å². The number of hydrogen-bond acceptors (Lipinski definition) is 2. The zero-order valence-corrected chi connectivity index (χ0v) is 15.3. The molecule has 0 saturated heterocycles. The molecule has 0 amide bonds. The minimum absolute atomic E-state index is 0.110. The van der Waals surface area contributed by atoms with Crippen molar-refractivity contribution in [2.75, 3.05) is 6.61 Å². The van der Waals surface area contributed by atoms with E-state index in [1.165, 1.54) is 22.3 Å². The van der Waals surface area contributed by atoms with Crippen LogP contribution >= 0.6 is 0 Å². The van der Waals surface area contributed by atoms with E-state index in [9.17, 15) is 5.11 Å². The third-order valence-electron chi connectivity index (χ3n) is 4.87. The second kappa shape index (κ2) is 8.68. The number of para-hydroxylation sites is 1. The lowest BCUT2D eigenvalue weighted by atomic mass is 9.92. The van der Waals surface area contributed by atoms with Gasteiger partial charge in [0.2, 0.25) is 0 Å². The van der Waals surface area contributed by atoms with E-state index in [4.69, 9.17) is 4.74 Å². The molecule has 0 radical (unpaired) electrons. The van der Waals surface area contributed by atoms with Crippen molar-refractivity contribution < 1.29 is 9.84 Å². The fraction of sp³-hybridized carbons (Fsp3) is 0.250. The lowest BCUT2D eigenvalue weighted by Crippen LogP contribution is -2.11. The Morgan fingerprint density at radius 3 is 2.62 bits per heavy atom. The maximum Gasteiger partial charge on any atom is 0.122 e. The lowest BCUT2D eigenvalue weighted by Gasteiger charge is -2.17. The summed E-state index contributed by atoms with van der Waals surface area (Å²) in [5.41, 5.74) is 5.63. The minimum Gasteiger partial charge on any atom is -0.507 e. The molecule has 1 aliphatic rings. The summed E-state index contributed by atoms with van der Waals surface area (Å²) in [7, 11) is 0. The Balaban J connectivity index is 1.83. The highest BCUT2D eigenvalue weighted by molar-refractivity contribution is 5.83. The zero-order valence-electron chi connectivity index (χ0n) is 15.3. The highest BCUT2D eigenvalue weighted by Crippen LogP contribution is 2.31. The number of rotatable bonds is 7. The molecule has 0 spiro atoms. The number of phenolic OH excluding ortho intramolecular Hbond substituents is 1. The van der Waals surface area contributed by atoms with E-state index in [0.717, 1.165) is 24.8 Å². The molecule has 0 saturated carbocycles. The molecule has 0 aliphatic carbocycles. The van der Waals surface area contributed by atoms with E-state index in [0.29, 0.717) is 12.4 Å². The van der Waals surface area contributed by atoms with Crippen LogP contribution in [0.15, 0.2) is 78.4 Å². The third kappa shape index (κ3) is 4.33. The van der Waals surface area contributed by atoms with Crippen LogP contribution in [0.3, 0.4) is 0 Å². The molecular formula is C24H26O2. The second-order valence-electron chi connectivity index (χ2n) is 6.57. The summed E-state index contributed by atoms with van der Waals surface area (Å²) in [5, 5.41) is 10.1. The molecule has 2 heteroatoms. The quantitative estimate of drug-likeness (QED) is 0.623. The summed E-state index contributed by atoms with van der Waals surface area (Å²) in [6, 6.07) is 17.8. The summed E-state index contributed by atoms with van der Waals surface area (Å²) in [6.45, 7) is 6.97. The van der Waals surface area contributed by atoms with Gasteiger partial charge in [0.05, 0.1) is 12.7 Å². The smallest absolute Gasteiger partial charge is 0.122 e. The summed E-state index contributed by atoms with van der Waals surface area (Å²) in [6.07, 6.45) is 7.07. The van der Waals surface area contributed by atoms with Crippen LogP contribution in [0.5, 0.6) is 5.75 Å². The first-order chi connectivity index (χ1) is 12.7. The predicted octanol–water partition coefficient (Wildman–Crippen LogP) is 6.00. The Kier molecular flexibility index (Phi) is 6.08. The highest BCUT2D eigenvalue weighted by Gasteiger charge is 2.21. The Labute approximate surface area is 156 Å². The molecule has 1 heterocycles. The first-order valence-corrected chi connectivity index (χ1v) is 9.22. The van der Waals surface area contributed by atoms with Gasteiger partial charge in [-0.1, -0.05) is 68.1 Å². The van der Waals surface area contributed by atoms with E-state index in [1.807, 2.05) is 36.4 Å². The predicted molar refractivity (Wildman–Crippen MR) is 109 cm³/mol.